The second kappa shape index (κ2) is 9.32. The van der Waals surface area contributed by atoms with Crippen LogP contribution in [0.5, 0.6) is 5.75 Å². The van der Waals surface area contributed by atoms with Crippen LogP contribution >= 0.6 is 23.1 Å². The molecule has 0 spiro atoms. The van der Waals surface area contributed by atoms with Crippen molar-refractivity contribution < 1.29 is 13.9 Å². The maximum atomic E-state index is 13.8. The van der Waals surface area contributed by atoms with Crippen LogP contribution < -0.4 is 15.6 Å². The van der Waals surface area contributed by atoms with E-state index in [9.17, 15) is 14.0 Å². The molecule has 2 aromatic heterocycles. The molecule has 4 rings (SSSR count). The largest absolute Gasteiger partial charge is 0.497 e. The van der Waals surface area contributed by atoms with E-state index >= 15 is 0 Å². The first-order valence-corrected chi connectivity index (χ1v) is 11.2. The van der Waals surface area contributed by atoms with E-state index in [0.717, 1.165) is 17.3 Å². The molecule has 1 N–H and O–H groups in total. The molecule has 0 unspecified atom stereocenters. The fraction of sp³-hybridized carbons (Fsp3) is 0.136. The minimum Gasteiger partial charge on any atom is -0.497 e. The fourth-order valence-electron chi connectivity index (χ4n) is 3.01. The topological polar surface area (TPSA) is 73.2 Å². The van der Waals surface area contributed by atoms with Gasteiger partial charge in [0.2, 0.25) is 5.91 Å². The lowest BCUT2D eigenvalue weighted by atomic mass is 10.2. The smallest absolute Gasteiger partial charge is 0.272 e. The Kier molecular flexibility index (Phi) is 6.34. The van der Waals surface area contributed by atoms with E-state index in [-0.39, 0.29) is 29.5 Å². The Morgan fingerprint density at radius 3 is 2.87 bits per heavy atom. The molecule has 9 heteroatoms. The van der Waals surface area contributed by atoms with Gasteiger partial charge in [-0.15, -0.1) is 11.3 Å². The standard InChI is InChI=1S/C22H18FN3O3S2/c1-29-15-6-4-5-14(11-15)12-26-21(28)20-18(9-10-30-20)25-22(26)31-13-19(27)24-17-8-3-2-7-16(17)23/h2-11H,12-13H2,1H3,(H,24,27). The number of nitrogens with zero attached hydrogens (tertiary/aromatic N) is 2. The highest BCUT2D eigenvalue weighted by atomic mass is 32.2. The monoisotopic (exact) mass is 455 g/mol. The SMILES string of the molecule is COc1cccc(Cn2c(SCC(=O)Nc3ccccc3F)nc3ccsc3c2=O)c1. The molecule has 31 heavy (non-hydrogen) atoms. The van der Waals surface area contributed by atoms with Crippen LogP contribution in [0.4, 0.5) is 10.1 Å². The van der Waals surface area contributed by atoms with Crippen LogP contribution in [-0.2, 0) is 11.3 Å². The molecule has 0 bridgehead atoms. The third kappa shape index (κ3) is 4.78. The zero-order valence-electron chi connectivity index (χ0n) is 16.5. The first-order valence-electron chi connectivity index (χ1n) is 9.33. The highest BCUT2D eigenvalue weighted by molar-refractivity contribution is 7.99. The Balaban J connectivity index is 1.60. The van der Waals surface area contributed by atoms with Crippen molar-refractivity contribution in [2.24, 2.45) is 0 Å². The molecule has 158 valence electrons. The van der Waals surface area contributed by atoms with E-state index in [4.69, 9.17) is 4.74 Å². The molecule has 0 saturated heterocycles. The predicted molar refractivity (Wildman–Crippen MR) is 122 cm³/mol. The van der Waals surface area contributed by atoms with Gasteiger partial charge in [-0.2, -0.15) is 0 Å². The summed E-state index contributed by atoms with van der Waals surface area (Å²) >= 11 is 2.46. The molecule has 2 aromatic carbocycles. The Morgan fingerprint density at radius 2 is 2.06 bits per heavy atom. The van der Waals surface area contributed by atoms with Crippen LogP contribution in [0.2, 0.25) is 0 Å². The average Bonchev–Trinajstić information content (AvgIpc) is 3.25. The third-order valence-electron chi connectivity index (χ3n) is 4.49. The van der Waals surface area contributed by atoms with Gasteiger partial charge < -0.3 is 10.1 Å². The summed E-state index contributed by atoms with van der Waals surface area (Å²) in [5.41, 5.74) is 1.41. The molecule has 6 nitrogen and oxygen atoms in total. The lowest BCUT2D eigenvalue weighted by molar-refractivity contribution is -0.113. The Morgan fingerprint density at radius 1 is 1.23 bits per heavy atom. The number of hydrogen-bond acceptors (Lipinski definition) is 6. The quantitative estimate of drug-likeness (QED) is 0.331. The number of carbonyl (C=O) groups excluding carboxylic acids is 1. The molecule has 0 aliphatic heterocycles. The summed E-state index contributed by atoms with van der Waals surface area (Å²) in [5.74, 6) is -0.223. The number of thiophene rings is 1. The van der Waals surface area contributed by atoms with Crippen LogP contribution in [0.1, 0.15) is 5.56 Å². The van der Waals surface area contributed by atoms with E-state index in [1.807, 2.05) is 29.6 Å². The number of anilines is 1. The molecule has 4 aromatic rings. The summed E-state index contributed by atoms with van der Waals surface area (Å²) in [6.45, 7) is 0.286. The minimum atomic E-state index is -0.506. The van der Waals surface area contributed by atoms with Crippen LogP contribution in [0.25, 0.3) is 10.2 Å². The zero-order valence-corrected chi connectivity index (χ0v) is 18.1. The minimum absolute atomic E-state index is 0.0193. The third-order valence-corrected chi connectivity index (χ3v) is 6.35. The van der Waals surface area contributed by atoms with Gasteiger partial charge in [0, 0.05) is 0 Å². The molecule has 2 heterocycles. The van der Waals surface area contributed by atoms with Gasteiger partial charge in [-0.1, -0.05) is 36.0 Å². The van der Waals surface area contributed by atoms with Crippen molar-refractivity contribution in [2.75, 3.05) is 18.2 Å². The predicted octanol–water partition coefficient (Wildman–Crippen LogP) is 4.38. The number of hydrogen-bond donors (Lipinski definition) is 1. The lowest BCUT2D eigenvalue weighted by Crippen LogP contribution is -2.24. The number of benzene rings is 2. The first-order chi connectivity index (χ1) is 15.0. The van der Waals surface area contributed by atoms with E-state index in [0.29, 0.717) is 21.1 Å². The number of methoxy groups -OCH3 is 1. The fourth-order valence-corrected chi connectivity index (χ4v) is 4.58. The number of nitrogens with one attached hydrogen (secondary N) is 1. The van der Waals surface area contributed by atoms with E-state index in [1.54, 1.807) is 29.9 Å². The Bertz CT molecular complexity index is 1300. The molecule has 0 radical (unpaired) electrons. The second-order valence-electron chi connectivity index (χ2n) is 6.59. The number of carbonyl (C=O) groups is 1. The average molecular weight is 456 g/mol. The summed E-state index contributed by atoms with van der Waals surface area (Å²) in [4.78, 5) is 30.0. The second-order valence-corrected chi connectivity index (χ2v) is 8.45. The van der Waals surface area contributed by atoms with Crippen molar-refractivity contribution in [2.45, 2.75) is 11.7 Å². The van der Waals surface area contributed by atoms with Gasteiger partial charge in [0.15, 0.2) is 5.16 Å². The van der Waals surface area contributed by atoms with Crippen molar-refractivity contribution >= 4 is 44.9 Å². The van der Waals surface area contributed by atoms with Crippen LogP contribution in [0.15, 0.2) is 69.9 Å². The van der Waals surface area contributed by atoms with E-state index in [2.05, 4.69) is 10.3 Å². The normalized spacial score (nSPS) is 10.9. The molecule has 0 aliphatic rings. The first kappa shape index (κ1) is 21.1. The number of para-hydroxylation sites is 1. The van der Waals surface area contributed by atoms with Crippen LogP contribution in [0, 0.1) is 5.82 Å². The maximum absolute atomic E-state index is 13.8. The van der Waals surface area contributed by atoms with Crippen molar-refractivity contribution in [3.05, 3.63) is 81.7 Å². The van der Waals surface area contributed by atoms with Crippen LogP contribution in [0.3, 0.4) is 0 Å². The molecular weight excluding hydrogens is 437 g/mol. The lowest BCUT2D eigenvalue weighted by Gasteiger charge is -2.13. The number of aromatic nitrogens is 2. The van der Waals surface area contributed by atoms with Gasteiger partial charge in [-0.25, -0.2) is 9.37 Å². The van der Waals surface area contributed by atoms with Crippen molar-refractivity contribution in [3.63, 3.8) is 0 Å². The van der Waals surface area contributed by atoms with Gasteiger partial charge in [0.05, 0.1) is 30.6 Å². The van der Waals surface area contributed by atoms with Gasteiger partial charge >= 0.3 is 0 Å². The van der Waals surface area contributed by atoms with Crippen molar-refractivity contribution in [1.29, 1.82) is 0 Å². The highest BCUT2D eigenvalue weighted by Crippen LogP contribution is 2.23. The zero-order chi connectivity index (χ0) is 21.8. The highest BCUT2D eigenvalue weighted by Gasteiger charge is 2.15. The van der Waals surface area contributed by atoms with Gasteiger partial charge in [-0.05, 0) is 41.3 Å². The molecule has 1 amide bonds. The summed E-state index contributed by atoms with van der Waals surface area (Å²) in [7, 11) is 1.58. The van der Waals surface area contributed by atoms with Crippen molar-refractivity contribution in [3.8, 4) is 5.75 Å². The van der Waals surface area contributed by atoms with Crippen LogP contribution in [-0.4, -0.2) is 28.3 Å². The van der Waals surface area contributed by atoms with E-state index < -0.39 is 5.82 Å². The van der Waals surface area contributed by atoms with E-state index in [1.165, 1.54) is 23.5 Å². The summed E-state index contributed by atoms with van der Waals surface area (Å²) in [6, 6.07) is 15.2. The molecule has 0 fully saturated rings. The number of ether oxygens (including phenoxy) is 1. The van der Waals surface area contributed by atoms with Gasteiger partial charge in [0.25, 0.3) is 5.56 Å². The number of halogens is 1. The van der Waals surface area contributed by atoms with Gasteiger partial charge in [0.1, 0.15) is 16.3 Å². The number of fused-ring (bicyclic) bond motifs is 1. The van der Waals surface area contributed by atoms with Crippen molar-refractivity contribution in [1.82, 2.24) is 9.55 Å². The number of thioether (sulfide) groups is 1. The Hall–Kier alpha value is -3.17. The number of amides is 1. The summed E-state index contributed by atoms with van der Waals surface area (Å²) in [5, 5.41) is 4.78. The van der Waals surface area contributed by atoms with Gasteiger partial charge in [-0.3, -0.25) is 14.2 Å². The molecule has 0 saturated carbocycles. The number of rotatable bonds is 7. The Labute approximate surface area is 185 Å². The summed E-state index contributed by atoms with van der Waals surface area (Å²) in [6.07, 6.45) is 0. The molecular formula is C22H18FN3O3S2. The molecule has 0 aliphatic carbocycles. The summed E-state index contributed by atoms with van der Waals surface area (Å²) < 4.78 is 21.2. The molecule has 0 atom stereocenters. The maximum Gasteiger partial charge on any atom is 0.272 e.